The number of urea groups is 1. The molecule has 4 nitrogen and oxygen atoms in total. The maximum Gasteiger partial charge on any atom is 0.319 e. The highest BCUT2D eigenvalue weighted by Gasteiger charge is 2.29. The van der Waals surface area contributed by atoms with E-state index in [0.29, 0.717) is 15.9 Å². The Labute approximate surface area is 125 Å². The fraction of sp³-hybridized carbons (Fsp3) is 0.357. The van der Waals surface area contributed by atoms with Crippen LogP contribution in [0.2, 0.25) is 5.02 Å². The van der Waals surface area contributed by atoms with Gasteiger partial charge in [-0.25, -0.2) is 4.79 Å². The zero-order valence-electron chi connectivity index (χ0n) is 10.7. The molecule has 1 fully saturated rings. The summed E-state index contributed by atoms with van der Waals surface area (Å²) in [6.45, 7) is 0.277. The first-order valence-electron chi connectivity index (χ1n) is 6.55. The van der Waals surface area contributed by atoms with Crippen molar-refractivity contribution >= 4 is 44.1 Å². The summed E-state index contributed by atoms with van der Waals surface area (Å²) in [5, 5.41) is 17.2. The van der Waals surface area contributed by atoms with Crippen LogP contribution in [0.5, 0.6) is 0 Å². The van der Waals surface area contributed by atoms with Crippen molar-refractivity contribution in [3.05, 3.63) is 29.3 Å². The van der Waals surface area contributed by atoms with E-state index in [1.54, 1.807) is 0 Å². The molecule has 1 atom stereocenters. The Balaban J connectivity index is 1.63. The monoisotopic (exact) mass is 310 g/mol. The number of aliphatic hydroxyl groups is 1. The Bertz CT molecular complexity index is 639. The molecule has 106 valence electrons. The van der Waals surface area contributed by atoms with Crippen molar-refractivity contribution in [3.63, 3.8) is 0 Å². The molecule has 1 aromatic heterocycles. The first-order valence-corrected chi connectivity index (χ1v) is 7.74. The molecule has 1 saturated carbocycles. The largest absolute Gasteiger partial charge is 0.391 e. The van der Waals surface area contributed by atoms with Gasteiger partial charge in [0, 0.05) is 16.6 Å². The van der Waals surface area contributed by atoms with Crippen LogP contribution >= 0.6 is 22.9 Å². The first-order chi connectivity index (χ1) is 9.65. The van der Waals surface area contributed by atoms with E-state index in [2.05, 4.69) is 10.6 Å². The highest BCUT2D eigenvalue weighted by Crippen LogP contribution is 2.39. The van der Waals surface area contributed by atoms with Crippen LogP contribution in [0, 0.1) is 5.92 Å². The average Bonchev–Trinajstić information content (AvgIpc) is 3.24. The number of carbonyl (C=O) groups is 1. The Hall–Kier alpha value is -1.30. The molecule has 0 radical (unpaired) electrons. The van der Waals surface area contributed by atoms with Crippen molar-refractivity contribution < 1.29 is 9.90 Å². The van der Waals surface area contributed by atoms with Gasteiger partial charge >= 0.3 is 6.03 Å². The van der Waals surface area contributed by atoms with Crippen molar-refractivity contribution in [1.82, 2.24) is 5.32 Å². The van der Waals surface area contributed by atoms with Crippen LogP contribution < -0.4 is 10.6 Å². The third-order valence-electron chi connectivity index (χ3n) is 3.40. The first kappa shape index (κ1) is 13.7. The van der Waals surface area contributed by atoms with E-state index in [-0.39, 0.29) is 12.6 Å². The summed E-state index contributed by atoms with van der Waals surface area (Å²) in [4.78, 5) is 11.8. The van der Waals surface area contributed by atoms with E-state index in [4.69, 9.17) is 11.6 Å². The van der Waals surface area contributed by atoms with Gasteiger partial charge < -0.3 is 10.4 Å². The number of thiophene rings is 1. The molecule has 2 amide bonds. The molecule has 20 heavy (non-hydrogen) atoms. The van der Waals surface area contributed by atoms with Gasteiger partial charge in [0.1, 0.15) is 5.00 Å². The molecule has 1 heterocycles. The third-order valence-corrected chi connectivity index (χ3v) is 4.99. The quantitative estimate of drug-likeness (QED) is 0.810. The topological polar surface area (TPSA) is 61.4 Å². The fourth-order valence-electron chi connectivity index (χ4n) is 2.09. The van der Waals surface area contributed by atoms with Crippen molar-refractivity contribution in [2.75, 3.05) is 11.9 Å². The molecule has 0 bridgehead atoms. The lowest BCUT2D eigenvalue weighted by atomic mass is 10.2. The van der Waals surface area contributed by atoms with E-state index in [0.717, 1.165) is 22.9 Å². The van der Waals surface area contributed by atoms with Crippen molar-refractivity contribution in [1.29, 1.82) is 0 Å². The molecular formula is C14H15ClN2O2S. The minimum absolute atomic E-state index is 0.277. The number of aliphatic hydroxyl groups excluding tert-OH is 1. The maximum atomic E-state index is 11.8. The lowest BCUT2D eigenvalue weighted by Gasteiger charge is -2.11. The lowest BCUT2D eigenvalue weighted by molar-refractivity contribution is 0.150. The number of fused-ring (bicyclic) bond motifs is 1. The molecule has 0 unspecified atom stereocenters. The fourth-order valence-corrected chi connectivity index (χ4v) is 3.46. The second kappa shape index (κ2) is 5.60. The zero-order valence-corrected chi connectivity index (χ0v) is 12.3. The summed E-state index contributed by atoms with van der Waals surface area (Å²) in [6, 6.07) is 7.40. The number of benzene rings is 1. The molecule has 1 aromatic carbocycles. The molecule has 1 aliphatic carbocycles. The smallest absolute Gasteiger partial charge is 0.319 e. The van der Waals surface area contributed by atoms with E-state index >= 15 is 0 Å². The van der Waals surface area contributed by atoms with Gasteiger partial charge in [-0.15, -0.1) is 11.3 Å². The van der Waals surface area contributed by atoms with Crippen molar-refractivity contribution in [3.8, 4) is 0 Å². The standard InChI is InChI=1S/C14H15ClN2O2S/c15-12-9-3-1-2-4-11(9)20-13(12)17-14(19)16-7-10(18)8-5-6-8/h1-4,8,10,18H,5-7H2,(H2,16,17,19)/t10-/m0/s1. The van der Waals surface area contributed by atoms with Gasteiger partial charge in [-0.3, -0.25) is 5.32 Å². The van der Waals surface area contributed by atoms with Gasteiger partial charge in [-0.1, -0.05) is 29.8 Å². The number of nitrogens with one attached hydrogen (secondary N) is 2. The van der Waals surface area contributed by atoms with E-state index in [1.807, 2.05) is 24.3 Å². The van der Waals surface area contributed by atoms with Crippen LogP contribution in [0.25, 0.3) is 10.1 Å². The molecule has 0 aliphatic heterocycles. The summed E-state index contributed by atoms with van der Waals surface area (Å²) < 4.78 is 1.03. The summed E-state index contributed by atoms with van der Waals surface area (Å²) in [5.74, 6) is 0.350. The molecule has 0 saturated heterocycles. The van der Waals surface area contributed by atoms with Gasteiger partial charge in [-0.05, 0) is 24.8 Å². The van der Waals surface area contributed by atoms with Crippen LogP contribution in [0.3, 0.4) is 0 Å². The van der Waals surface area contributed by atoms with Gasteiger partial charge in [0.05, 0.1) is 11.1 Å². The lowest BCUT2D eigenvalue weighted by Crippen LogP contribution is -2.35. The van der Waals surface area contributed by atoms with E-state index < -0.39 is 6.10 Å². The summed E-state index contributed by atoms with van der Waals surface area (Å²) in [6.07, 6.45) is 1.65. The number of rotatable bonds is 4. The molecule has 3 N–H and O–H groups in total. The van der Waals surface area contributed by atoms with Gasteiger partial charge in [0.15, 0.2) is 0 Å². The number of carbonyl (C=O) groups excluding carboxylic acids is 1. The third kappa shape index (κ3) is 2.90. The van der Waals surface area contributed by atoms with Crippen LogP contribution in [-0.2, 0) is 0 Å². The highest BCUT2D eigenvalue weighted by molar-refractivity contribution is 7.23. The summed E-state index contributed by atoms with van der Waals surface area (Å²) in [7, 11) is 0. The van der Waals surface area contributed by atoms with Crippen molar-refractivity contribution in [2.24, 2.45) is 5.92 Å². The van der Waals surface area contributed by atoms with Crippen LogP contribution in [-0.4, -0.2) is 23.8 Å². The maximum absolute atomic E-state index is 11.8. The second-order valence-corrected chi connectivity index (χ2v) is 6.41. The van der Waals surface area contributed by atoms with Crippen molar-refractivity contribution in [2.45, 2.75) is 18.9 Å². The molecule has 2 aromatic rings. The van der Waals surface area contributed by atoms with Gasteiger partial charge in [-0.2, -0.15) is 0 Å². The van der Waals surface area contributed by atoms with E-state index in [9.17, 15) is 9.90 Å². The summed E-state index contributed by atoms with van der Waals surface area (Å²) in [5.41, 5.74) is 0. The van der Waals surface area contributed by atoms with Crippen LogP contribution in [0.15, 0.2) is 24.3 Å². The summed E-state index contributed by atoms with van der Waals surface area (Å²) >= 11 is 7.68. The molecule has 3 rings (SSSR count). The highest BCUT2D eigenvalue weighted by atomic mass is 35.5. The number of halogens is 1. The Morgan fingerprint density at radius 1 is 1.45 bits per heavy atom. The SMILES string of the molecule is O=C(NC[C@H](O)C1CC1)Nc1sc2ccccc2c1Cl. The Morgan fingerprint density at radius 3 is 2.90 bits per heavy atom. The number of anilines is 1. The Kier molecular flexibility index (Phi) is 3.83. The molecule has 1 aliphatic rings. The molecular weight excluding hydrogens is 296 g/mol. The number of amides is 2. The van der Waals surface area contributed by atoms with Gasteiger partial charge in [0.2, 0.25) is 0 Å². The predicted molar refractivity (Wildman–Crippen MR) is 82.6 cm³/mol. The Morgan fingerprint density at radius 2 is 2.20 bits per heavy atom. The van der Waals surface area contributed by atoms with Crippen LogP contribution in [0.4, 0.5) is 9.80 Å². The van der Waals surface area contributed by atoms with E-state index in [1.165, 1.54) is 11.3 Å². The second-order valence-electron chi connectivity index (χ2n) is 4.98. The average molecular weight is 311 g/mol. The minimum Gasteiger partial charge on any atom is -0.391 e. The molecule has 6 heteroatoms. The molecule has 0 spiro atoms. The predicted octanol–water partition coefficient (Wildman–Crippen LogP) is 3.45. The van der Waals surface area contributed by atoms with Gasteiger partial charge in [0.25, 0.3) is 0 Å². The number of hydrogen-bond acceptors (Lipinski definition) is 3. The normalized spacial score (nSPS) is 16.1. The minimum atomic E-state index is -0.446. The number of hydrogen-bond donors (Lipinski definition) is 3. The van der Waals surface area contributed by atoms with Crippen LogP contribution in [0.1, 0.15) is 12.8 Å². The zero-order chi connectivity index (χ0) is 14.1.